The fourth-order valence-corrected chi connectivity index (χ4v) is 3.31. The summed E-state index contributed by atoms with van der Waals surface area (Å²) in [5.74, 6) is 1.34. The monoisotopic (exact) mass is 362 g/mol. The van der Waals surface area contributed by atoms with Crippen LogP contribution in [0.3, 0.4) is 0 Å². The zero-order chi connectivity index (χ0) is 18.5. The van der Waals surface area contributed by atoms with Crippen LogP contribution in [0.2, 0.25) is 0 Å². The van der Waals surface area contributed by atoms with Gasteiger partial charge in [0.1, 0.15) is 11.6 Å². The van der Waals surface area contributed by atoms with Crippen LogP contribution >= 0.6 is 0 Å². The maximum absolute atomic E-state index is 13.1. The Kier molecular flexibility index (Phi) is 5.28. The highest BCUT2D eigenvalue weighted by Crippen LogP contribution is 2.25. The summed E-state index contributed by atoms with van der Waals surface area (Å²) in [5.41, 5.74) is 2.99. The average Bonchev–Trinajstić information content (AvgIpc) is 2.74. The van der Waals surface area contributed by atoms with Crippen LogP contribution in [0.25, 0.3) is 11.3 Å². The van der Waals surface area contributed by atoms with Gasteiger partial charge >= 0.3 is 0 Å². The third-order valence-corrected chi connectivity index (χ3v) is 4.81. The Hall–Kier alpha value is -2.95. The smallest absolute Gasteiger partial charge is 0.227 e. The van der Waals surface area contributed by atoms with Crippen LogP contribution in [0.5, 0.6) is 0 Å². The highest BCUT2D eigenvalue weighted by Gasteiger charge is 2.16. The lowest BCUT2D eigenvalue weighted by molar-refractivity contribution is 0.568. The van der Waals surface area contributed by atoms with Gasteiger partial charge in [-0.2, -0.15) is 4.98 Å². The molecule has 2 heterocycles. The Morgan fingerprint density at radius 1 is 0.889 bits per heavy atom. The number of hydrogen-bond acceptors (Lipinski definition) is 4. The van der Waals surface area contributed by atoms with Crippen LogP contribution < -0.4 is 10.2 Å². The fraction of sp³-hybridized carbons (Fsp3) is 0.273. The molecule has 0 bridgehead atoms. The molecule has 4 rings (SSSR count). The van der Waals surface area contributed by atoms with Crippen molar-refractivity contribution in [3.63, 3.8) is 0 Å². The van der Waals surface area contributed by atoms with Gasteiger partial charge < -0.3 is 10.2 Å². The number of benzene rings is 2. The molecule has 1 N–H and O–H groups in total. The van der Waals surface area contributed by atoms with Crippen LogP contribution in [0.15, 0.2) is 60.7 Å². The maximum atomic E-state index is 13.1. The normalized spacial score (nSPS) is 14.2. The van der Waals surface area contributed by atoms with Crippen molar-refractivity contribution in [3.8, 4) is 11.3 Å². The maximum Gasteiger partial charge on any atom is 0.227 e. The zero-order valence-electron chi connectivity index (χ0n) is 15.2. The van der Waals surface area contributed by atoms with Crippen molar-refractivity contribution in [2.75, 3.05) is 23.3 Å². The van der Waals surface area contributed by atoms with E-state index in [1.54, 1.807) is 12.1 Å². The molecular formula is C22H23FN4. The largest absolute Gasteiger partial charge is 0.366 e. The Morgan fingerprint density at radius 2 is 1.63 bits per heavy atom. The summed E-state index contributed by atoms with van der Waals surface area (Å²) in [5, 5.41) is 3.37. The predicted molar refractivity (Wildman–Crippen MR) is 107 cm³/mol. The highest BCUT2D eigenvalue weighted by atomic mass is 19.1. The first kappa shape index (κ1) is 17.5. The Labute approximate surface area is 159 Å². The van der Waals surface area contributed by atoms with Gasteiger partial charge in [-0.1, -0.05) is 42.5 Å². The second kappa shape index (κ2) is 8.16. The third kappa shape index (κ3) is 4.42. The number of hydrogen-bond donors (Lipinski definition) is 1. The molecule has 1 fully saturated rings. The predicted octanol–water partition coefficient (Wildman–Crippen LogP) is 4.89. The van der Waals surface area contributed by atoms with E-state index in [-0.39, 0.29) is 5.82 Å². The van der Waals surface area contributed by atoms with Gasteiger partial charge in [0, 0.05) is 31.3 Å². The number of piperidine rings is 1. The summed E-state index contributed by atoms with van der Waals surface area (Å²) in [6.45, 7) is 2.58. The van der Waals surface area contributed by atoms with E-state index >= 15 is 0 Å². The molecule has 0 amide bonds. The molecule has 0 aliphatic carbocycles. The molecule has 0 atom stereocenters. The van der Waals surface area contributed by atoms with Gasteiger partial charge in [-0.15, -0.1) is 0 Å². The fourth-order valence-electron chi connectivity index (χ4n) is 3.31. The number of nitrogens with zero attached hydrogens (tertiary/aromatic N) is 3. The summed E-state index contributed by atoms with van der Waals surface area (Å²) in [7, 11) is 0. The van der Waals surface area contributed by atoms with Crippen molar-refractivity contribution >= 4 is 11.8 Å². The Balaban J connectivity index is 1.61. The number of aromatic nitrogens is 2. The minimum atomic E-state index is -0.223. The third-order valence-electron chi connectivity index (χ3n) is 4.81. The summed E-state index contributed by atoms with van der Waals surface area (Å²) < 4.78 is 13.1. The molecule has 0 saturated carbocycles. The summed E-state index contributed by atoms with van der Waals surface area (Å²) >= 11 is 0. The first-order valence-corrected chi connectivity index (χ1v) is 9.46. The quantitative estimate of drug-likeness (QED) is 0.702. The van der Waals surface area contributed by atoms with Crippen LogP contribution in [0.4, 0.5) is 16.2 Å². The molecule has 4 nitrogen and oxygen atoms in total. The van der Waals surface area contributed by atoms with Crippen LogP contribution in [0.1, 0.15) is 24.8 Å². The van der Waals surface area contributed by atoms with E-state index in [0.29, 0.717) is 6.54 Å². The number of halogens is 1. The molecule has 1 saturated heterocycles. The molecule has 2 aromatic carbocycles. The summed E-state index contributed by atoms with van der Waals surface area (Å²) in [4.78, 5) is 11.8. The number of rotatable bonds is 5. The molecule has 0 spiro atoms. The molecule has 1 aromatic heterocycles. The Morgan fingerprint density at radius 3 is 2.37 bits per heavy atom. The lowest BCUT2D eigenvalue weighted by Crippen LogP contribution is -2.31. The molecule has 1 aliphatic heterocycles. The molecular weight excluding hydrogens is 339 g/mol. The zero-order valence-corrected chi connectivity index (χ0v) is 15.2. The second-order valence-corrected chi connectivity index (χ2v) is 6.83. The van der Waals surface area contributed by atoms with Crippen molar-refractivity contribution in [1.29, 1.82) is 0 Å². The van der Waals surface area contributed by atoms with Gasteiger partial charge in [0.05, 0.1) is 5.69 Å². The highest BCUT2D eigenvalue weighted by molar-refractivity contribution is 5.64. The minimum absolute atomic E-state index is 0.223. The van der Waals surface area contributed by atoms with Crippen molar-refractivity contribution in [3.05, 3.63) is 72.0 Å². The topological polar surface area (TPSA) is 41.1 Å². The van der Waals surface area contributed by atoms with Crippen molar-refractivity contribution in [2.24, 2.45) is 0 Å². The van der Waals surface area contributed by atoms with E-state index in [1.807, 2.05) is 24.3 Å². The molecule has 138 valence electrons. The summed E-state index contributed by atoms with van der Waals surface area (Å²) in [6, 6.07) is 18.7. The van der Waals surface area contributed by atoms with E-state index in [0.717, 1.165) is 41.7 Å². The second-order valence-electron chi connectivity index (χ2n) is 6.83. The van der Waals surface area contributed by atoms with E-state index < -0.39 is 0 Å². The average molecular weight is 362 g/mol. The van der Waals surface area contributed by atoms with Gasteiger partial charge in [0.15, 0.2) is 0 Å². The molecule has 0 unspecified atom stereocenters. The van der Waals surface area contributed by atoms with E-state index in [9.17, 15) is 4.39 Å². The van der Waals surface area contributed by atoms with Crippen molar-refractivity contribution < 1.29 is 4.39 Å². The molecule has 27 heavy (non-hydrogen) atoms. The molecule has 0 radical (unpaired) electrons. The van der Waals surface area contributed by atoms with Crippen LogP contribution in [-0.4, -0.2) is 23.1 Å². The first-order valence-electron chi connectivity index (χ1n) is 9.46. The number of anilines is 2. The van der Waals surface area contributed by atoms with Crippen LogP contribution in [0, 0.1) is 5.82 Å². The van der Waals surface area contributed by atoms with E-state index in [4.69, 9.17) is 9.97 Å². The SMILES string of the molecule is Fc1ccc(CNc2cc(-c3ccccc3)nc(N3CCCCC3)n2)cc1. The van der Waals surface area contributed by atoms with E-state index in [2.05, 4.69) is 22.3 Å². The standard InChI is InChI=1S/C22H23FN4/c23-19-11-9-17(10-12-19)16-24-21-15-20(18-7-3-1-4-8-18)25-22(26-21)27-13-5-2-6-14-27/h1,3-4,7-12,15H,2,5-6,13-14,16H2,(H,24,25,26). The van der Waals surface area contributed by atoms with Crippen molar-refractivity contribution in [1.82, 2.24) is 9.97 Å². The van der Waals surface area contributed by atoms with Gasteiger partial charge in [0.25, 0.3) is 0 Å². The Bertz CT molecular complexity index is 875. The lowest BCUT2D eigenvalue weighted by atomic mass is 10.1. The molecule has 3 aromatic rings. The first-order chi connectivity index (χ1) is 13.3. The van der Waals surface area contributed by atoms with Crippen molar-refractivity contribution in [2.45, 2.75) is 25.8 Å². The van der Waals surface area contributed by atoms with Gasteiger partial charge in [0.2, 0.25) is 5.95 Å². The lowest BCUT2D eigenvalue weighted by Gasteiger charge is -2.27. The minimum Gasteiger partial charge on any atom is -0.366 e. The van der Waals surface area contributed by atoms with E-state index in [1.165, 1.54) is 31.4 Å². The molecule has 5 heteroatoms. The van der Waals surface area contributed by atoms with Gasteiger partial charge in [-0.25, -0.2) is 9.37 Å². The van der Waals surface area contributed by atoms with Crippen LogP contribution in [-0.2, 0) is 6.54 Å². The van der Waals surface area contributed by atoms with Gasteiger partial charge in [-0.05, 0) is 37.0 Å². The van der Waals surface area contributed by atoms with Gasteiger partial charge in [-0.3, -0.25) is 0 Å². The molecule has 1 aliphatic rings. The number of nitrogens with one attached hydrogen (secondary N) is 1. The summed E-state index contributed by atoms with van der Waals surface area (Å²) in [6.07, 6.45) is 3.62.